The Labute approximate surface area is 112 Å². The minimum Gasteiger partial charge on any atom is -0.379 e. The lowest BCUT2D eigenvalue weighted by Crippen LogP contribution is -2.46. The van der Waals surface area contributed by atoms with E-state index in [0.717, 1.165) is 13.0 Å². The molecule has 100 valence electrons. The van der Waals surface area contributed by atoms with Crippen LogP contribution in [0.25, 0.3) is 0 Å². The first kappa shape index (κ1) is 13.5. The Kier molecular flexibility index (Phi) is 4.13. The molecule has 1 aliphatic heterocycles. The number of ether oxygens (including phenoxy) is 1. The van der Waals surface area contributed by atoms with Gasteiger partial charge in [-0.15, -0.1) is 0 Å². The molecule has 1 aliphatic rings. The average molecular weight is 259 g/mol. The van der Waals surface area contributed by atoms with Crippen LogP contribution < -0.4 is 0 Å². The van der Waals surface area contributed by atoms with E-state index in [0.29, 0.717) is 23.7 Å². The Bertz CT molecular complexity index is 492. The van der Waals surface area contributed by atoms with Gasteiger partial charge in [0.1, 0.15) is 11.8 Å². The summed E-state index contributed by atoms with van der Waals surface area (Å²) >= 11 is 0. The smallest absolute Gasteiger partial charge is 0.272 e. The van der Waals surface area contributed by atoms with Crippen LogP contribution in [0.15, 0.2) is 18.3 Å². The third-order valence-corrected chi connectivity index (χ3v) is 3.59. The number of hydrogen-bond acceptors (Lipinski definition) is 4. The molecule has 2 heterocycles. The minimum atomic E-state index is -0.0987. The second kappa shape index (κ2) is 5.81. The van der Waals surface area contributed by atoms with Crippen LogP contribution in [0, 0.1) is 17.2 Å². The maximum Gasteiger partial charge on any atom is 0.272 e. The first-order valence-corrected chi connectivity index (χ1v) is 6.34. The highest BCUT2D eigenvalue weighted by molar-refractivity contribution is 5.92. The van der Waals surface area contributed by atoms with Gasteiger partial charge in [0, 0.05) is 26.4 Å². The van der Waals surface area contributed by atoms with Crippen LogP contribution in [0.5, 0.6) is 0 Å². The first-order valence-electron chi connectivity index (χ1n) is 6.34. The zero-order chi connectivity index (χ0) is 13.8. The molecule has 5 nitrogen and oxygen atoms in total. The SMILES string of the molecule is COC1CN(C(=O)c2ccc(C#N)cn2)CCC1C. The molecule has 1 aromatic rings. The van der Waals surface area contributed by atoms with Crippen LogP contribution in [0.4, 0.5) is 0 Å². The molecule has 1 fully saturated rings. The monoisotopic (exact) mass is 259 g/mol. The number of aromatic nitrogens is 1. The standard InChI is InChI=1S/C14H17N3O2/c1-10-5-6-17(9-13(10)19-2)14(18)12-4-3-11(7-15)8-16-12/h3-4,8,10,13H,5-6,9H2,1-2H3. The maximum absolute atomic E-state index is 12.3. The van der Waals surface area contributed by atoms with Gasteiger partial charge in [0.2, 0.25) is 0 Å². The number of carbonyl (C=O) groups is 1. The minimum absolute atomic E-state index is 0.0797. The molecule has 2 rings (SSSR count). The van der Waals surface area contributed by atoms with Crippen molar-refractivity contribution >= 4 is 5.91 Å². The van der Waals surface area contributed by atoms with Crippen LogP contribution in [-0.2, 0) is 4.74 Å². The van der Waals surface area contributed by atoms with E-state index in [4.69, 9.17) is 10.00 Å². The number of carbonyl (C=O) groups excluding carboxylic acids is 1. The highest BCUT2D eigenvalue weighted by atomic mass is 16.5. The van der Waals surface area contributed by atoms with E-state index in [1.54, 1.807) is 24.1 Å². The number of piperidine rings is 1. The third kappa shape index (κ3) is 2.91. The molecule has 0 aliphatic carbocycles. The zero-order valence-electron chi connectivity index (χ0n) is 11.2. The van der Waals surface area contributed by atoms with Gasteiger partial charge in [-0.2, -0.15) is 5.26 Å². The lowest BCUT2D eigenvalue weighted by Gasteiger charge is -2.36. The van der Waals surface area contributed by atoms with Crippen molar-refractivity contribution in [3.05, 3.63) is 29.6 Å². The summed E-state index contributed by atoms with van der Waals surface area (Å²) in [6.45, 7) is 3.45. The molecule has 1 saturated heterocycles. The molecule has 1 aromatic heterocycles. The van der Waals surface area contributed by atoms with Crippen molar-refractivity contribution in [1.29, 1.82) is 5.26 Å². The highest BCUT2D eigenvalue weighted by Gasteiger charge is 2.29. The van der Waals surface area contributed by atoms with Crippen LogP contribution in [-0.4, -0.2) is 42.1 Å². The molecule has 1 amide bonds. The van der Waals surface area contributed by atoms with Gasteiger partial charge in [-0.1, -0.05) is 6.92 Å². The fraction of sp³-hybridized carbons (Fsp3) is 0.500. The quantitative estimate of drug-likeness (QED) is 0.806. The van der Waals surface area contributed by atoms with Gasteiger partial charge in [0.25, 0.3) is 5.91 Å². The molecule has 0 bridgehead atoms. The summed E-state index contributed by atoms with van der Waals surface area (Å²) in [6.07, 6.45) is 2.43. The molecular weight excluding hydrogens is 242 g/mol. The van der Waals surface area contributed by atoms with E-state index in [9.17, 15) is 4.79 Å². The van der Waals surface area contributed by atoms with Gasteiger partial charge in [-0.25, -0.2) is 4.98 Å². The number of rotatable bonds is 2. The fourth-order valence-electron chi connectivity index (χ4n) is 2.27. The normalized spacial score (nSPS) is 22.9. The summed E-state index contributed by atoms with van der Waals surface area (Å²) < 4.78 is 5.40. The van der Waals surface area contributed by atoms with Crippen LogP contribution in [0.1, 0.15) is 29.4 Å². The number of methoxy groups -OCH3 is 1. The summed E-state index contributed by atoms with van der Waals surface area (Å²) in [7, 11) is 1.68. The van der Waals surface area contributed by atoms with Crippen molar-refractivity contribution in [3.63, 3.8) is 0 Å². The lowest BCUT2D eigenvalue weighted by molar-refractivity contribution is -0.00177. The number of pyridine rings is 1. The number of nitriles is 1. The summed E-state index contributed by atoms with van der Waals surface area (Å²) in [5.74, 6) is 0.362. The zero-order valence-corrected chi connectivity index (χ0v) is 11.2. The molecule has 0 radical (unpaired) electrons. The molecule has 19 heavy (non-hydrogen) atoms. The Morgan fingerprint density at radius 2 is 2.37 bits per heavy atom. The second-order valence-corrected chi connectivity index (χ2v) is 4.84. The highest BCUT2D eigenvalue weighted by Crippen LogP contribution is 2.20. The molecular formula is C14H17N3O2. The van der Waals surface area contributed by atoms with Gasteiger partial charge in [0.05, 0.1) is 11.7 Å². The number of amides is 1. The predicted octanol–water partition coefficient (Wildman–Crippen LogP) is 1.45. The summed E-state index contributed by atoms with van der Waals surface area (Å²) in [6, 6.07) is 5.20. The molecule has 0 spiro atoms. The first-order chi connectivity index (χ1) is 9.15. The van der Waals surface area contributed by atoms with Crippen LogP contribution in [0.3, 0.4) is 0 Å². The molecule has 0 saturated carbocycles. The van der Waals surface area contributed by atoms with Gasteiger partial charge in [-0.05, 0) is 24.5 Å². The summed E-state index contributed by atoms with van der Waals surface area (Å²) in [4.78, 5) is 18.1. The Hall–Kier alpha value is -1.93. The third-order valence-electron chi connectivity index (χ3n) is 3.59. The van der Waals surface area contributed by atoms with E-state index in [2.05, 4.69) is 11.9 Å². The van der Waals surface area contributed by atoms with Gasteiger partial charge in [0.15, 0.2) is 0 Å². The molecule has 0 aromatic carbocycles. The predicted molar refractivity (Wildman–Crippen MR) is 69.4 cm³/mol. The van der Waals surface area contributed by atoms with E-state index in [1.165, 1.54) is 6.20 Å². The fourth-order valence-corrected chi connectivity index (χ4v) is 2.27. The second-order valence-electron chi connectivity index (χ2n) is 4.84. The molecule has 5 heteroatoms. The topological polar surface area (TPSA) is 66.2 Å². The van der Waals surface area contributed by atoms with Crippen LogP contribution >= 0.6 is 0 Å². The number of hydrogen-bond donors (Lipinski definition) is 0. The average Bonchev–Trinajstić information content (AvgIpc) is 2.47. The van der Waals surface area contributed by atoms with Crippen molar-refractivity contribution in [2.45, 2.75) is 19.4 Å². The van der Waals surface area contributed by atoms with E-state index >= 15 is 0 Å². The van der Waals surface area contributed by atoms with E-state index < -0.39 is 0 Å². The van der Waals surface area contributed by atoms with Crippen LogP contribution in [0.2, 0.25) is 0 Å². The number of nitrogens with zero attached hydrogens (tertiary/aromatic N) is 3. The van der Waals surface area contributed by atoms with E-state index in [-0.39, 0.29) is 12.0 Å². The van der Waals surface area contributed by atoms with Crippen molar-refractivity contribution in [2.24, 2.45) is 5.92 Å². The van der Waals surface area contributed by atoms with Crippen molar-refractivity contribution in [1.82, 2.24) is 9.88 Å². The van der Waals surface area contributed by atoms with Gasteiger partial charge < -0.3 is 9.64 Å². The molecule has 2 atom stereocenters. The largest absolute Gasteiger partial charge is 0.379 e. The number of likely N-dealkylation sites (tertiary alicyclic amines) is 1. The van der Waals surface area contributed by atoms with E-state index in [1.807, 2.05) is 6.07 Å². The summed E-state index contributed by atoms with van der Waals surface area (Å²) in [5, 5.41) is 8.71. The van der Waals surface area contributed by atoms with Crippen molar-refractivity contribution in [2.75, 3.05) is 20.2 Å². The van der Waals surface area contributed by atoms with Crippen molar-refractivity contribution < 1.29 is 9.53 Å². The van der Waals surface area contributed by atoms with Gasteiger partial charge in [-0.3, -0.25) is 4.79 Å². The summed E-state index contributed by atoms with van der Waals surface area (Å²) in [5.41, 5.74) is 0.835. The Morgan fingerprint density at radius 1 is 1.58 bits per heavy atom. The lowest BCUT2D eigenvalue weighted by atomic mass is 9.95. The molecule has 2 unspecified atom stereocenters. The molecule has 0 N–H and O–H groups in total. The van der Waals surface area contributed by atoms with Gasteiger partial charge >= 0.3 is 0 Å². The Balaban J connectivity index is 2.09. The maximum atomic E-state index is 12.3. The van der Waals surface area contributed by atoms with Crippen molar-refractivity contribution in [3.8, 4) is 6.07 Å². The Morgan fingerprint density at radius 3 is 2.95 bits per heavy atom.